The van der Waals surface area contributed by atoms with Gasteiger partial charge in [0.05, 0.1) is 27.8 Å². The number of para-hydroxylation sites is 4. The summed E-state index contributed by atoms with van der Waals surface area (Å²) in [5, 5.41) is 6.38. The zero-order valence-corrected chi connectivity index (χ0v) is 34.1. The highest BCUT2D eigenvalue weighted by Crippen LogP contribution is 2.59. The average molecular weight is 772 g/mol. The molecule has 0 radical (unpaired) electrons. The zero-order chi connectivity index (χ0) is 40.3. The largest absolute Gasteiger partial charge is 0.331 e. The second kappa shape index (κ2) is 12.7. The minimum absolute atomic E-state index is 0.149. The number of aromatic nitrogens is 3. The number of rotatable bonds is 6. The molecule has 0 saturated carbocycles. The lowest BCUT2D eigenvalue weighted by atomic mass is 9.68. The van der Waals surface area contributed by atoms with E-state index >= 15 is 0 Å². The third kappa shape index (κ3) is 4.66. The average Bonchev–Trinajstić information content (AvgIpc) is 4.01. The molecule has 0 fully saturated rings. The van der Waals surface area contributed by atoms with E-state index in [9.17, 15) is 0 Å². The Balaban J connectivity index is 1.04. The van der Waals surface area contributed by atoms with Crippen LogP contribution in [-0.2, 0) is 5.54 Å². The first-order valence-corrected chi connectivity index (χ1v) is 21.2. The predicted octanol–water partition coefficient (Wildman–Crippen LogP) is 15.0. The Bertz CT molecular complexity index is 3410. The fourth-order valence-corrected chi connectivity index (χ4v) is 11.6. The molecule has 3 atom stereocenters. The summed E-state index contributed by atoms with van der Waals surface area (Å²) in [6.07, 6.45) is 19.8. The van der Waals surface area contributed by atoms with E-state index in [4.69, 9.17) is 0 Å². The maximum absolute atomic E-state index is 4.28. The lowest BCUT2D eigenvalue weighted by molar-refractivity contribution is 0.380. The van der Waals surface area contributed by atoms with Crippen molar-refractivity contribution >= 4 is 78.1 Å². The predicted molar refractivity (Wildman–Crippen MR) is 256 cm³/mol. The molecule has 0 aliphatic heterocycles. The SMILES string of the molecule is C=Cc1c(C=C)n(C2=CC=CC(C)(C3c4ccccc4-c4c3ccc3c5ccccc5n(C5=CC=CC(C)(n6c7ccccc7c7ccccc76)C5)c43)C2)c2ccccc12. The molecule has 9 aromatic rings. The number of hydrogen-bond acceptors (Lipinski definition) is 0. The molecule has 0 spiro atoms. The van der Waals surface area contributed by atoms with Gasteiger partial charge in [0.15, 0.2) is 0 Å². The minimum Gasteiger partial charge on any atom is -0.331 e. The number of fused-ring (bicyclic) bond motifs is 11. The highest BCUT2D eigenvalue weighted by Gasteiger charge is 2.44. The minimum atomic E-state index is -0.301. The summed E-state index contributed by atoms with van der Waals surface area (Å²) in [5.74, 6) is 0.149. The molecule has 0 N–H and O–H groups in total. The molecule has 0 saturated heterocycles. The van der Waals surface area contributed by atoms with Crippen LogP contribution in [0, 0.1) is 5.41 Å². The van der Waals surface area contributed by atoms with E-state index in [0.717, 1.165) is 24.1 Å². The van der Waals surface area contributed by atoms with Gasteiger partial charge in [-0.2, -0.15) is 0 Å². The van der Waals surface area contributed by atoms with Gasteiger partial charge in [0, 0.05) is 78.2 Å². The first-order valence-electron chi connectivity index (χ1n) is 21.2. The Kier molecular flexibility index (Phi) is 7.39. The van der Waals surface area contributed by atoms with Crippen LogP contribution in [0.3, 0.4) is 0 Å². The second-order valence-corrected chi connectivity index (χ2v) is 17.5. The Hall–Kier alpha value is -7.10. The van der Waals surface area contributed by atoms with Crippen LogP contribution in [0.25, 0.3) is 89.2 Å². The van der Waals surface area contributed by atoms with Crippen molar-refractivity contribution in [1.29, 1.82) is 0 Å². The van der Waals surface area contributed by atoms with Gasteiger partial charge in [-0.25, -0.2) is 0 Å². The van der Waals surface area contributed by atoms with Gasteiger partial charge in [0.1, 0.15) is 0 Å². The molecule has 3 aliphatic rings. The van der Waals surface area contributed by atoms with Crippen molar-refractivity contribution in [3.63, 3.8) is 0 Å². The van der Waals surface area contributed by atoms with Crippen LogP contribution in [0.1, 0.15) is 55.0 Å². The second-order valence-electron chi connectivity index (χ2n) is 17.5. The molecule has 3 unspecified atom stereocenters. The summed E-state index contributed by atoms with van der Waals surface area (Å²) in [6, 6.07) is 49.5. The lowest BCUT2D eigenvalue weighted by Gasteiger charge is -2.37. The molecule has 0 bridgehead atoms. The van der Waals surface area contributed by atoms with Crippen molar-refractivity contribution < 1.29 is 0 Å². The van der Waals surface area contributed by atoms with E-state index in [1.54, 1.807) is 0 Å². The summed E-state index contributed by atoms with van der Waals surface area (Å²) in [6.45, 7) is 13.4. The quantitative estimate of drug-likeness (QED) is 0.160. The van der Waals surface area contributed by atoms with Crippen LogP contribution in [0.5, 0.6) is 0 Å². The van der Waals surface area contributed by atoms with Gasteiger partial charge in [0.2, 0.25) is 0 Å². The molecule has 6 aromatic carbocycles. The number of benzene rings is 6. The molecule has 3 aliphatic carbocycles. The molecule has 3 heterocycles. The molecular weight excluding hydrogens is 727 g/mol. The fourth-order valence-electron chi connectivity index (χ4n) is 11.6. The van der Waals surface area contributed by atoms with Gasteiger partial charge in [0.25, 0.3) is 0 Å². The van der Waals surface area contributed by atoms with Crippen LogP contribution in [0.2, 0.25) is 0 Å². The van der Waals surface area contributed by atoms with E-state index in [-0.39, 0.29) is 16.9 Å². The summed E-state index contributed by atoms with van der Waals surface area (Å²) in [7, 11) is 0. The monoisotopic (exact) mass is 771 g/mol. The van der Waals surface area contributed by atoms with Gasteiger partial charge in [-0.3, -0.25) is 0 Å². The first-order chi connectivity index (χ1) is 29.4. The number of allylic oxidation sites excluding steroid dienone is 8. The fraction of sp³-hybridized carbons (Fsp3) is 0.123. The summed E-state index contributed by atoms with van der Waals surface area (Å²) >= 11 is 0. The van der Waals surface area contributed by atoms with Crippen LogP contribution < -0.4 is 0 Å². The number of nitrogens with zero attached hydrogens (tertiary/aromatic N) is 3. The maximum Gasteiger partial charge on any atom is 0.0663 e. The van der Waals surface area contributed by atoms with E-state index in [1.807, 2.05) is 12.2 Å². The molecule has 288 valence electrons. The summed E-state index contributed by atoms with van der Waals surface area (Å²) < 4.78 is 7.61. The van der Waals surface area contributed by atoms with Crippen molar-refractivity contribution in [2.24, 2.45) is 5.41 Å². The van der Waals surface area contributed by atoms with E-state index in [1.165, 1.54) is 88.2 Å². The van der Waals surface area contributed by atoms with Crippen LogP contribution in [0.15, 0.2) is 183 Å². The first kappa shape index (κ1) is 34.9. The zero-order valence-electron chi connectivity index (χ0n) is 34.1. The van der Waals surface area contributed by atoms with E-state index in [2.05, 4.69) is 211 Å². The molecular formula is C57H45N3. The van der Waals surface area contributed by atoms with Crippen molar-refractivity contribution in [3.8, 4) is 11.1 Å². The lowest BCUT2D eigenvalue weighted by Crippen LogP contribution is -2.30. The maximum atomic E-state index is 4.28. The van der Waals surface area contributed by atoms with Gasteiger partial charge < -0.3 is 13.7 Å². The smallest absolute Gasteiger partial charge is 0.0663 e. The van der Waals surface area contributed by atoms with Crippen molar-refractivity contribution in [1.82, 2.24) is 13.7 Å². The van der Waals surface area contributed by atoms with Gasteiger partial charge in [-0.15, -0.1) is 0 Å². The van der Waals surface area contributed by atoms with Gasteiger partial charge in [-0.05, 0) is 72.5 Å². The van der Waals surface area contributed by atoms with Crippen molar-refractivity contribution in [3.05, 3.63) is 205 Å². The topological polar surface area (TPSA) is 14.8 Å². The highest BCUT2D eigenvalue weighted by molar-refractivity contribution is 6.16. The van der Waals surface area contributed by atoms with Crippen LogP contribution >= 0.6 is 0 Å². The molecule has 0 amide bonds. The van der Waals surface area contributed by atoms with Crippen LogP contribution in [0.4, 0.5) is 0 Å². The molecule has 3 aromatic heterocycles. The molecule has 3 nitrogen and oxygen atoms in total. The normalized spacial score (nSPS) is 20.9. The molecule has 12 rings (SSSR count). The Labute approximate surface area is 350 Å². The van der Waals surface area contributed by atoms with Gasteiger partial charge in [-0.1, -0.05) is 160 Å². The van der Waals surface area contributed by atoms with Crippen LogP contribution in [-0.4, -0.2) is 13.7 Å². The molecule has 3 heteroatoms. The highest BCUT2D eigenvalue weighted by atomic mass is 15.1. The Morgan fingerprint density at radius 2 is 1.10 bits per heavy atom. The number of hydrogen-bond donors (Lipinski definition) is 0. The van der Waals surface area contributed by atoms with Gasteiger partial charge >= 0.3 is 0 Å². The Morgan fingerprint density at radius 3 is 1.78 bits per heavy atom. The van der Waals surface area contributed by atoms with Crippen molar-refractivity contribution in [2.45, 2.75) is 38.1 Å². The Morgan fingerprint density at radius 1 is 0.533 bits per heavy atom. The van der Waals surface area contributed by atoms with E-state index < -0.39 is 0 Å². The third-order valence-electron chi connectivity index (χ3n) is 14.0. The third-order valence-corrected chi connectivity index (χ3v) is 14.0. The summed E-state index contributed by atoms with van der Waals surface area (Å²) in [5.41, 5.74) is 16.0. The summed E-state index contributed by atoms with van der Waals surface area (Å²) in [4.78, 5) is 0. The molecule has 60 heavy (non-hydrogen) atoms. The van der Waals surface area contributed by atoms with Crippen molar-refractivity contribution in [2.75, 3.05) is 0 Å². The van der Waals surface area contributed by atoms with E-state index in [0.29, 0.717) is 0 Å². The standard InChI is InChI=1S/C57H45N3/c1-5-39-40-21-9-13-27-49(40)58(48(39)6-2)37-19-17-33-56(3,35-37)54-45-26-8-7-25-44(45)53-47(54)32-31-46-43-24-10-14-28-50(43)59(55(46)53)38-20-18-34-57(4,36-38)60-51-29-15-11-22-41(51)42-23-12-16-30-52(42)60/h5-34,54H,1-2,35-36H2,3-4H3.